The number of hydrogen-bond acceptors (Lipinski definition) is 5. The Balaban J connectivity index is 3.31. The Kier molecular flexibility index (Phi) is 3.49. The lowest BCUT2D eigenvalue weighted by atomic mass is 10.2. The molecule has 0 bridgehead atoms. The summed E-state index contributed by atoms with van der Waals surface area (Å²) in [6, 6.07) is 5.83. The minimum absolute atomic E-state index is 0.0166. The normalized spacial score (nSPS) is 11.4. The number of benzene rings is 1. The first kappa shape index (κ1) is 12.4. The van der Waals surface area contributed by atoms with Crippen LogP contribution in [0.4, 0.5) is 5.69 Å². The fourth-order valence-corrected chi connectivity index (χ4v) is 2.16. The van der Waals surface area contributed by atoms with E-state index in [4.69, 9.17) is 11.0 Å². The lowest BCUT2D eigenvalue weighted by Gasteiger charge is -2.15. The Labute approximate surface area is 93.8 Å². The average molecular weight is 241 g/mol. The highest BCUT2D eigenvalue weighted by Gasteiger charge is 2.23. The van der Waals surface area contributed by atoms with Crippen LogP contribution < -0.4 is 5.73 Å². The van der Waals surface area contributed by atoms with Gasteiger partial charge in [0.15, 0.2) is 0 Å². The molecule has 0 aliphatic carbocycles. The predicted octanol–water partition coefficient (Wildman–Crippen LogP) is 0.322. The van der Waals surface area contributed by atoms with Crippen molar-refractivity contribution in [2.75, 3.05) is 19.9 Å². The molecule has 7 heteroatoms. The van der Waals surface area contributed by atoms with E-state index in [9.17, 15) is 8.42 Å². The fourth-order valence-electron chi connectivity index (χ4n) is 1.09. The van der Waals surface area contributed by atoms with Gasteiger partial charge in [0.2, 0.25) is 0 Å². The van der Waals surface area contributed by atoms with Crippen LogP contribution in [-0.4, -0.2) is 27.0 Å². The van der Waals surface area contributed by atoms with E-state index in [1.807, 2.05) is 6.07 Å². The van der Waals surface area contributed by atoms with Crippen molar-refractivity contribution in [3.05, 3.63) is 23.8 Å². The largest absolute Gasteiger partial charge is 0.398 e. The van der Waals surface area contributed by atoms with Crippen LogP contribution in [0.3, 0.4) is 0 Å². The topological polar surface area (TPSA) is 96.4 Å². The molecule has 0 saturated heterocycles. The summed E-state index contributed by atoms with van der Waals surface area (Å²) in [7, 11) is -1.28. The molecule has 1 rings (SSSR count). The predicted molar refractivity (Wildman–Crippen MR) is 57.5 cm³/mol. The number of sulfonamides is 1. The van der Waals surface area contributed by atoms with Crippen molar-refractivity contribution in [1.82, 2.24) is 4.47 Å². The highest BCUT2D eigenvalue weighted by atomic mass is 32.2. The van der Waals surface area contributed by atoms with Gasteiger partial charge in [-0.15, -0.1) is 0 Å². The third-order valence-corrected chi connectivity index (χ3v) is 3.77. The summed E-state index contributed by atoms with van der Waals surface area (Å²) in [6.45, 7) is 0. The monoisotopic (exact) mass is 241 g/mol. The van der Waals surface area contributed by atoms with Gasteiger partial charge in [0.1, 0.15) is 4.90 Å². The highest BCUT2D eigenvalue weighted by Crippen LogP contribution is 2.22. The van der Waals surface area contributed by atoms with Gasteiger partial charge in [-0.2, -0.15) is 5.26 Å². The Morgan fingerprint density at radius 1 is 1.50 bits per heavy atom. The second-order valence-corrected chi connectivity index (χ2v) is 4.87. The van der Waals surface area contributed by atoms with Gasteiger partial charge < -0.3 is 5.73 Å². The zero-order valence-corrected chi connectivity index (χ0v) is 9.65. The van der Waals surface area contributed by atoms with Crippen LogP contribution in [0.25, 0.3) is 0 Å². The summed E-state index contributed by atoms with van der Waals surface area (Å²) in [5, 5.41) is 8.62. The van der Waals surface area contributed by atoms with Crippen molar-refractivity contribution in [2.45, 2.75) is 4.90 Å². The molecule has 16 heavy (non-hydrogen) atoms. The van der Waals surface area contributed by atoms with E-state index in [0.29, 0.717) is 10.0 Å². The van der Waals surface area contributed by atoms with Gasteiger partial charge in [0.25, 0.3) is 10.0 Å². The van der Waals surface area contributed by atoms with E-state index in [1.165, 1.54) is 32.4 Å². The Morgan fingerprint density at radius 3 is 2.56 bits per heavy atom. The van der Waals surface area contributed by atoms with Crippen LogP contribution in [0.1, 0.15) is 5.56 Å². The highest BCUT2D eigenvalue weighted by molar-refractivity contribution is 7.89. The first-order chi connectivity index (χ1) is 7.43. The number of anilines is 1. The molecule has 0 saturated carbocycles. The van der Waals surface area contributed by atoms with Crippen LogP contribution in [0.5, 0.6) is 0 Å². The number of nitrogens with zero attached hydrogens (tertiary/aromatic N) is 2. The minimum Gasteiger partial charge on any atom is -0.398 e. The van der Waals surface area contributed by atoms with Crippen LogP contribution in [0.15, 0.2) is 23.1 Å². The molecule has 0 unspecified atom stereocenters. The first-order valence-corrected chi connectivity index (χ1v) is 5.70. The smallest absolute Gasteiger partial charge is 0.266 e. The Hall–Kier alpha value is -1.62. The summed E-state index contributed by atoms with van der Waals surface area (Å²) >= 11 is 0. The zero-order valence-electron chi connectivity index (χ0n) is 8.84. The molecular weight excluding hydrogens is 230 g/mol. The van der Waals surface area contributed by atoms with Gasteiger partial charge in [0, 0.05) is 7.05 Å². The van der Waals surface area contributed by atoms with E-state index in [2.05, 4.69) is 4.84 Å². The summed E-state index contributed by atoms with van der Waals surface area (Å²) in [4.78, 5) is 4.52. The van der Waals surface area contributed by atoms with Crippen LogP contribution in [-0.2, 0) is 14.9 Å². The Morgan fingerprint density at radius 2 is 2.12 bits per heavy atom. The van der Waals surface area contributed by atoms with Crippen LogP contribution in [0, 0.1) is 11.3 Å². The molecule has 0 radical (unpaired) electrons. The first-order valence-electron chi connectivity index (χ1n) is 4.26. The van der Waals surface area contributed by atoms with Gasteiger partial charge in [-0.25, -0.2) is 8.42 Å². The molecule has 0 fully saturated rings. The maximum Gasteiger partial charge on any atom is 0.266 e. The lowest BCUT2D eigenvalue weighted by molar-refractivity contribution is -0.0258. The molecule has 0 aliphatic rings. The molecule has 0 atom stereocenters. The maximum absolute atomic E-state index is 11.8. The number of nitriles is 1. The summed E-state index contributed by atoms with van der Waals surface area (Å²) < 4.78 is 24.3. The second kappa shape index (κ2) is 4.49. The number of hydrogen-bond donors (Lipinski definition) is 1. The molecule has 6 nitrogen and oxygen atoms in total. The third kappa shape index (κ3) is 2.14. The van der Waals surface area contributed by atoms with Crippen molar-refractivity contribution in [3.8, 4) is 6.07 Å². The van der Waals surface area contributed by atoms with E-state index >= 15 is 0 Å². The van der Waals surface area contributed by atoms with Gasteiger partial charge >= 0.3 is 0 Å². The zero-order chi connectivity index (χ0) is 12.3. The van der Waals surface area contributed by atoms with Gasteiger partial charge in [0.05, 0.1) is 24.4 Å². The summed E-state index contributed by atoms with van der Waals surface area (Å²) in [5.41, 5.74) is 5.88. The SMILES string of the molecule is CON(C)S(=O)(=O)c1ccc(C#N)cc1N. The van der Waals surface area contributed by atoms with Crippen LogP contribution >= 0.6 is 0 Å². The summed E-state index contributed by atoms with van der Waals surface area (Å²) in [5.74, 6) is 0. The van der Waals surface area contributed by atoms with Crippen molar-refractivity contribution in [3.63, 3.8) is 0 Å². The molecular formula is C9H11N3O3S. The maximum atomic E-state index is 11.8. The van der Waals surface area contributed by atoms with Gasteiger partial charge in [-0.05, 0) is 18.2 Å². The number of nitrogens with two attached hydrogens (primary N) is 1. The van der Waals surface area contributed by atoms with Gasteiger partial charge in [-0.1, -0.05) is 4.47 Å². The molecule has 86 valence electrons. The molecule has 2 N–H and O–H groups in total. The third-order valence-electron chi connectivity index (χ3n) is 2.01. The molecule has 1 aromatic carbocycles. The van der Waals surface area contributed by atoms with E-state index in [1.54, 1.807) is 0 Å². The number of hydroxylamine groups is 1. The molecule has 0 aliphatic heterocycles. The second-order valence-electron chi connectivity index (χ2n) is 2.96. The fraction of sp³-hybridized carbons (Fsp3) is 0.222. The number of nitrogen functional groups attached to an aromatic ring is 1. The molecule has 0 heterocycles. The van der Waals surface area contributed by atoms with Crippen molar-refractivity contribution >= 4 is 15.7 Å². The van der Waals surface area contributed by atoms with E-state index in [-0.39, 0.29) is 10.6 Å². The van der Waals surface area contributed by atoms with Crippen molar-refractivity contribution in [1.29, 1.82) is 5.26 Å². The molecule has 0 amide bonds. The van der Waals surface area contributed by atoms with Crippen molar-refractivity contribution < 1.29 is 13.3 Å². The van der Waals surface area contributed by atoms with E-state index in [0.717, 1.165) is 0 Å². The molecule has 1 aromatic rings. The molecule has 0 spiro atoms. The minimum atomic E-state index is -3.77. The van der Waals surface area contributed by atoms with Crippen LogP contribution in [0.2, 0.25) is 0 Å². The summed E-state index contributed by atoms with van der Waals surface area (Å²) in [6.07, 6.45) is 0. The van der Waals surface area contributed by atoms with Crippen molar-refractivity contribution in [2.24, 2.45) is 0 Å². The lowest BCUT2D eigenvalue weighted by Crippen LogP contribution is -2.26. The van der Waals surface area contributed by atoms with E-state index < -0.39 is 10.0 Å². The quantitative estimate of drug-likeness (QED) is 0.607. The molecule has 0 aromatic heterocycles. The standard InChI is InChI=1S/C9H11N3O3S/c1-12(15-2)16(13,14)9-4-3-7(6-10)5-8(9)11/h3-5H,11H2,1-2H3. The van der Waals surface area contributed by atoms with Gasteiger partial charge in [-0.3, -0.25) is 4.84 Å². The number of rotatable bonds is 3. The Bertz CT molecular complexity index is 533. The average Bonchev–Trinajstić information content (AvgIpc) is 2.27.